The van der Waals surface area contributed by atoms with Crippen molar-refractivity contribution in [3.05, 3.63) is 0 Å². The van der Waals surface area contributed by atoms with Crippen LogP contribution in [0.15, 0.2) is 0 Å². The average molecular weight is 249 g/mol. The molecule has 1 rings (SSSR count). The van der Waals surface area contributed by atoms with E-state index in [0.717, 1.165) is 0 Å². The fourth-order valence-electron chi connectivity index (χ4n) is 2.27. The molecule has 1 unspecified atom stereocenters. The topological polar surface area (TPSA) is 66.4 Å². The predicted molar refractivity (Wildman–Crippen MR) is 65.1 cm³/mol. The number of hydrogen-bond donors (Lipinski definition) is 2. The first-order valence-corrected chi connectivity index (χ1v) is 7.77. The zero-order valence-electron chi connectivity index (χ0n) is 9.98. The predicted octanol–water partition coefficient (Wildman–Crippen LogP) is 1.82. The molecule has 0 radical (unpaired) electrons. The van der Waals surface area contributed by atoms with Crippen molar-refractivity contribution in [1.82, 2.24) is 5.32 Å². The lowest BCUT2D eigenvalue weighted by Crippen LogP contribution is -2.34. The van der Waals surface area contributed by atoms with Crippen LogP contribution in [-0.2, 0) is 10.1 Å². The van der Waals surface area contributed by atoms with Crippen molar-refractivity contribution >= 4 is 10.1 Å². The van der Waals surface area contributed by atoms with E-state index in [9.17, 15) is 8.42 Å². The molecule has 96 valence electrons. The van der Waals surface area contributed by atoms with Gasteiger partial charge in [0.1, 0.15) is 0 Å². The second kappa shape index (κ2) is 6.57. The van der Waals surface area contributed by atoms with Gasteiger partial charge in [0.05, 0.1) is 5.75 Å². The van der Waals surface area contributed by atoms with Gasteiger partial charge in [-0.05, 0) is 25.3 Å². The second-order valence-corrected chi connectivity index (χ2v) is 6.45. The Morgan fingerprint density at radius 2 is 1.81 bits per heavy atom. The highest BCUT2D eigenvalue weighted by atomic mass is 32.2. The molecule has 2 N–H and O–H groups in total. The van der Waals surface area contributed by atoms with Gasteiger partial charge in [-0.1, -0.05) is 32.6 Å². The fourth-order valence-corrected chi connectivity index (χ4v) is 3.11. The van der Waals surface area contributed by atoms with E-state index in [1.165, 1.54) is 38.5 Å². The monoisotopic (exact) mass is 249 g/mol. The van der Waals surface area contributed by atoms with Gasteiger partial charge >= 0.3 is 0 Å². The standard InChI is InChI=1S/C11H23NO3S/c1-10(9-16(13,14)15)8-12-11-6-4-2-3-5-7-11/h10-12H,2-9H2,1H3,(H,13,14,15). The minimum atomic E-state index is -3.82. The zero-order valence-corrected chi connectivity index (χ0v) is 10.8. The van der Waals surface area contributed by atoms with Gasteiger partial charge in [0.25, 0.3) is 10.1 Å². The molecule has 5 heteroatoms. The van der Waals surface area contributed by atoms with Crippen LogP contribution in [0.25, 0.3) is 0 Å². The summed E-state index contributed by atoms with van der Waals surface area (Å²) in [6, 6.07) is 0.534. The first-order chi connectivity index (χ1) is 7.47. The van der Waals surface area contributed by atoms with Gasteiger partial charge in [-0.25, -0.2) is 0 Å². The first-order valence-electron chi connectivity index (χ1n) is 6.16. The van der Waals surface area contributed by atoms with Crippen LogP contribution in [-0.4, -0.2) is 31.3 Å². The van der Waals surface area contributed by atoms with E-state index in [4.69, 9.17) is 4.55 Å². The molecule has 0 aliphatic heterocycles. The van der Waals surface area contributed by atoms with Crippen LogP contribution in [0.5, 0.6) is 0 Å². The molecule has 0 aromatic carbocycles. The highest BCUT2D eigenvalue weighted by molar-refractivity contribution is 7.85. The van der Waals surface area contributed by atoms with E-state index >= 15 is 0 Å². The van der Waals surface area contributed by atoms with Gasteiger partial charge in [-0.3, -0.25) is 4.55 Å². The van der Waals surface area contributed by atoms with Crippen LogP contribution in [0.1, 0.15) is 45.4 Å². The molecular weight excluding hydrogens is 226 g/mol. The fraction of sp³-hybridized carbons (Fsp3) is 1.00. The maximum atomic E-state index is 10.7. The van der Waals surface area contributed by atoms with E-state index < -0.39 is 10.1 Å². The lowest BCUT2D eigenvalue weighted by molar-refractivity contribution is 0.415. The lowest BCUT2D eigenvalue weighted by Gasteiger charge is -2.18. The normalized spacial score (nSPS) is 21.6. The van der Waals surface area contributed by atoms with Gasteiger partial charge in [-0.2, -0.15) is 8.42 Å². The summed E-state index contributed by atoms with van der Waals surface area (Å²) in [5.41, 5.74) is 0. The molecule has 0 aromatic rings. The zero-order chi connectivity index (χ0) is 12.0. The Hall–Kier alpha value is -0.130. The third-order valence-corrected chi connectivity index (χ3v) is 4.10. The number of hydrogen-bond acceptors (Lipinski definition) is 3. The van der Waals surface area contributed by atoms with Crippen LogP contribution in [0.4, 0.5) is 0 Å². The summed E-state index contributed by atoms with van der Waals surface area (Å²) in [5, 5.41) is 3.41. The van der Waals surface area contributed by atoms with Crippen molar-refractivity contribution in [3.63, 3.8) is 0 Å². The van der Waals surface area contributed by atoms with Crippen molar-refractivity contribution in [3.8, 4) is 0 Å². The lowest BCUT2D eigenvalue weighted by atomic mass is 10.1. The Kier molecular flexibility index (Phi) is 5.72. The quantitative estimate of drug-likeness (QED) is 0.576. The summed E-state index contributed by atoms with van der Waals surface area (Å²) in [7, 11) is -3.82. The number of rotatable bonds is 5. The molecule has 1 aliphatic rings. The summed E-state index contributed by atoms with van der Waals surface area (Å²) < 4.78 is 30.1. The van der Waals surface area contributed by atoms with E-state index in [-0.39, 0.29) is 11.7 Å². The van der Waals surface area contributed by atoms with E-state index in [1.54, 1.807) is 0 Å². The molecule has 0 spiro atoms. The van der Waals surface area contributed by atoms with Crippen molar-refractivity contribution in [2.24, 2.45) is 5.92 Å². The molecule has 1 fully saturated rings. The maximum absolute atomic E-state index is 10.7. The van der Waals surface area contributed by atoms with Crippen LogP contribution >= 0.6 is 0 Å². The molecular formula is C11H23NO3S. The number of nitrogens with one attached hydrogen (secondary N) is 1. The molecule has 1 saturated carbocycles. The Bertz CT molecular complexity index is 282. The van der Waals surface area contributed by atoms with E-state index in [2.05, 4.69) is 5.32 Å². The van der Waals surface area contributed by atoms with Crippen LogP contribution < -0.4 is 5.32 Å². The molecule has 0 heterocycles. The smallest absolute Gasteiger partial charge is 0.265 e. The van der Waals surface area contributed by atoms with Crippen molar-refractivity contribution < 1.29 is 13.0 Å². The Balaban J connectivity index is 2.22. The Morgan fingerprint density at radius 3 is 2.31 bits per heavy atom. The molecule has 16 heavy (non-hydrogen) atoms. The maximum Gasteiger partial charge on any atom is 0.265 e. The Morgan fingerprint density at radius 1 is 1.25 bits per heavy atom. The van der Waals surface area contributed by atoms with Crippen molar-refractivity contribution in [1.29, 1.82) is 0 Å². The molecule has 1 aliphatic carbocycles. The molecule has 0 bridgehead atoms. The average Bonchev–Trinajstić information content (AvgIpc) is 2.39. The summed E-state index contributed by atoms with van der Waals surface area (Å²) in [6.07, 6.45) is 7.56. The Labute approximate surface area is 98.6 Å². The highest BCUT2D eigenvalue weighted by Crippen LogP contribution is 2.17. The van der Waals surface area contributed by atoms with E-state index in [1.807, 2.05) is 6.92 Å². The van der Waals surface area contributed by atoms with Gasteiger partial charge in [0.15, 0.2) is 0 Å². The highest BCUT2D eigenvalue weighted by Gasteiger charge is 2.15. The first kappa shape index (κ1) is 13.9. The second-order valence-electron chi connectivity index (χ2n) is 4.95. The van der Waals surface area contributed by atoms with E-state index in [0.29, 0.717) is 12.6 Å². The van der Waals surface area contributed by atoms with Gasteiger partial charge < -0.3 is 5.32 Å². The summed E-state index contributed by atoms with van der Waals surface area (Å²) in [4.78, 5) is 0. The molecule has 0 amide bonds. The van der Waals surface area contributed by atoms with Gasteiger partial charge in [-0.15, -0.1) is 0 Å². The SMILES string of the molecule is CC(CNC1CCCCCC1)CS(=O)(=O)O. The molecule has 0 aromatic heterocycles. The molecule has 4 nitrogen and oxygen atoms in total. The largest absolute Gasteiger partial charge is 0.314 e. The minimum Gasteiger partial charge on any atom is -0.314 e. The summed E-state index contributed by atoms with van der Waals surface area (Å²) in [6.45, 7) is 2.52. The van der Waals surface area contributed by atoms with Crippen LogP contribution in [0.2, 0.25) is 0 Å². The molecule has 1 atom stereocenters. The summed E-state index contributed by atoms with van der Waals surface area (Å²) >= 11 is 0. The third kappa shape index (κ3) is 6.45. The third-order valence-electron chi connectivity index (χ3n) is 3.11. The summed E-state index contributed by atoms with van der Waals surface area (Å²) in [5.74, 6) is -0.176. The van der Waals surface area contributed by atoms with Gasteiger partial charge in [0, 0.05) is 6.04 Å². The van der Waals surface area contributed by atoms with Crippen LogP contribution in [0.3, 0.4) is 0 Å². The molecule has 0 saturated heterocycles. The van der Waals surface area contributed by atoms with Crippen molar-refractivity contribution in [2.75, 3.05) is 12.3 Å². The van der Waals surface area contributed by atoms with Crippen molar-refractivity contribution in [2.45, 2.75) is 51.5 Å². The minimum absolute atomic E-state index is 0.0294. The van der Waals surface area contributed by atoms with Gasteiger partial charge in [0.2, 0.25) is 0 Å². The van der Waals surface area contributed by atoms with Crippen LogP contribution in [0, 0.1) is 5.92 Å².